The zero-order valence-corrected chi connectivity index (χ0v) is 13.6. The molecule has 0 radical (unpaired) electrons. The molecule has 0 heterocycles. The lowest BCUT2D eigenvalue weighted by atomic mass is 10.1. The zero-order valence-electron chi connectivity index (χ0n) is 13.6. The highest BCUT2D eigenvalue weighted by Crippen LogP contribution is 2.37. The molecule has 2 unspecified atom stereocenters. The topological polar surface area (TPSA) is 18.5 Å². The summed E-state index contributed by atoms with van der Waals surface area (Å²) >= 11 is 0. The van der Waals surface area contributed by atoms with Crippen LogP contribution in [0.5, 0.6) is 11.5 Å². The van der Waals surface area contributed by atoms with Gasteiger partial charge in [-0.25, -0.2) is 4.39 Å². The molecule has 142 valence electrons. The third-order valence-electron chi connectivity index (χ3n) is 3.48. The maximum absolute atomic E-state index is 13.2. The Morgan fingerprint density at radius 1 is 0.846 bits per heavy atom. The first kappa shape index (κ1) is 19.9. The van der Waals surface area contributed by atoms with Crippen molar-refractivity contribution in [3.63, 3.8) is 0 Å². The second-order valence-electron chi connectivity index (χ2n) is 5.46. The van der Waals surface area contributed by atoms with E-state index in [0.29, 0.717) is 12.2 Å². The van der Waals surface area contributed by atoms with E-state index < -0.39 is 24.2 Å². The largest absolute Gasteiger partial charge is 0.486 e. The van der Waals surface area contributed by atoms with Crippen LogP contribution in [0, 0.1) is 0 Å². The van der Waals surface area contributed by atoms with Crippen LogP contribution in [0.1, 0.15) is 25.0 Å². The van der Waals surface area contributed by atoms with E-state index in [1.165, 1.54) is 12.1 Å². The lowest BCUT2D eigenvalue weighted by molar-refractivity contribution is -0.304. The first-order valence-electron chi connectivity index (χ1n) is 7.72. The Hall–Kier alpha value is -2.38. The van der Waals surface area contributed by atoms with Crippen LogP contribution in [-0.2, 0) is 0 Å². The van der Waals surface area contributed by atoms with E-state index in [1.807, 2.05) is 37.3 Å². The Labute approximate surface area is 146 Å². The van der Waals surface area contributed by atoms with Crippen molar-refractivity contribution in [2.75, 3.05) is 0 Å². The monoisotopic (exact) mass is 378 g/mol. The molecule has 2 nitrogen and oxygen atoms in total. The van der Waals surface area contributed by atoms with Gasteiger partial charge in [0, 0.05) is 0 Å². The summed E-state index contributed by atoms with van der Waals surface area (Å²) in [5, 5.41) is 0. The number of alkyl halides is 6. The second-order valence-corrected chi connectivity index (χ2v) is 5.46. The van der Waals surface area contributed by atoms with Crippen LogP contribution < -0.4 is 9.47 Å². The van der Waals surface area contributed by atoms with E-state index in [-0.39, 0.29) is 6.10 Å². The minimum Gasteiger partial charge on any atom is -0.486 e. The number of halogens is 6. The molecule has 26 heavy (non-hydrogen) atoms. The highest BCUT2D eigenvalue weighted by molar-refractivity contribution is 5.32. The van der Waals surface area contributed by atoms with Crippen LogP contribution in [0.25, 0.3) is 0 Å². The zero-order chi connectivity index (χ0) is 19.4. The van der Waals surface area contributed by atoms with Gasteiger partial charge in [0.15, 0.2) is 0 Å². The first-order chi connectivity index (χ1) is 12.1. The van der Waals surface area contributed by atoms with Crippen molar-refractivity contribution in [3.05, 3.63) is 60.2 Å². The van der Waals surface area contributed by atoms with E-state index >= 15 is 0 Å². The lowest BCUT2D eigenvalue weighted by Crippen LogP contribution is -2.45. The average Bonchev–Trinajstić information content (AvgIpc) is 2.60. The molecule has 0 fully saturated rings. The number of hydrogen-bond donors (Lipinski definition) is 0. The smallest absolute Gasteiger partial charge is 0.439 e. The average molecular weight is 378 g/mol. The minimum absolute atomic E-state index is 0.287. The quantitative estimate of drug-likeness (QED) is 0.543. The number of ether oxygens (including phenoxy) is 2. The van der Waals surface area contributed by atoms with Crippen molar-refractivity contribution in [1.29, 1.82) is 0 Å². The molecule has 2 aromatic carbocycles. The van der Waals surface area contributed by atoms with Gasteiger partial charge in [0.05, 0.1) is 0 Å². The molecular formula is C18H16F6O2. The van der Waals surface area contributed by atoms with E-state index in [4.69, 9.17) is 4.74 Å². The molecule has 0 aliphatic rings. The molecule has 0 aliphatic heterocycles. The van der Waals surface area contributed by atoms with Gasteiger partial charge in [0.2, 0.25) is 0 Å². The molecule has 0 bridgehead atoms. The Balaban J connectivity index is 2.06. The second kappa shape index (κ2) is 7.88. The maximum atomic E-state index is 13.2. The minimum atomic E-state index is -5.73. The van der Waals surface area contributed by atoms with Gasteiger partial charge >= 0.3 is 12.3 Å². The molecule has 0 aromatic heterocycles. The molecule has 0 N–H and O–H groups in total. The predicted octanol–water partition coefficient (Wildman–Crippen LogP) is 6.09. The standard InChI is InChI=1S/C18H16F6O2/c1-2-15(12-6-4-3-5-7-12)25-13-8-10-14(11-9-13)26-18(23,24)16(19)17(20,21)22/h3-11,15-16H,2H2,1H3. The number of hydrogen-bond acceptors (Lipinski definition) is 2. The fraction of sp³-hybridized carbons (Fsp3) is 0.333. The maximum Gasteiger partial charge on any atom is 0.439 e. The summed E-state index contributed by atoms with van der Waals surface area (Å²) in [5.74, 6) is -0.300. The van der Waals surface area contributed by atoms with Crippen molar-refractivity contribution >= 4 is 0 Å². The highest BCUT2D eigenvalue weighted by Gasteiger charge is 2.59. The summed E-state index contributed by atoms with van der Waals surface area (Å²) in [6.45, 7) is 1.90. The van der Waals surface area contributed by atoms with Gasteiger partial charge in [-0.1, -0.05) is 37.3 Å². The molecule has 0 saturated carbocycles. The third kappa shape index (κ3) is 5.06. The van der Waals surface area contributed by atoms with Gasteiger partial charge in [0.1, 0.15) is 17.6 Å². The van der Waals surface area contributed by atoms with Crippen LogP contribution >= 0.6 is 0 Å². The molecule has 8 heteroatoms. The predicted molar refractivity (Wildman–Crippen MR) is 83.1 cm³/mol. The van der Waals surface area contributed by atoms with Crippen LogP contribution in [0.15, 0.2) is 54.6 Å². The molecule has 2 aromatic rings. The van der Waals surface area contributed by atoms with E-state index in [9.17, 15) is 26.3 Å². The molecule has 0 amide bonds. The Morgan fingerprint density at radius 3 is 1.88 bits per heavy atom. The molecule has 0 spiro atoms. The van der Waals surface area contributed by atoms with Gasteiger partial charge in [-0.3, -0.25) is 0 Å². The molecule has 0 aliphatic carbocycles. The normalized spacial score (nSPS) is 14.6. The molecule has 0 saturated heterocycles. The van der Waals surface area contributed by atoms with Gasteiger partial charge in [-0.15, -0.1) is 0 Å². The van der Waals surface area contributed by atoms with Crippen molar-refractivity contribution in [3.8, 4) is 11.5 Å². The van der Waals surface area contributed by atoms with Gasteiger partial charge in [0.25, 0.3) is 6.17 Å². The summed E-state index contributed by atoms with van der Waals surface area (Å²) in [5.41, 5.74) is 0.910. The molecule has 2 rings (SSSR count). The third-order valence-corrected chi connectivity index (χ3v) is 3.48. The number of benzene rings is 2. The van der Waals surface area contributed by atoms with Crippen LogP contribution in [-0.4, -0.2) is 18.5 Å². The molecule has 2 atom stereocenters. The fourth-order valence-corrected chi connectivity index (χ4v) is 2.20. The van der Waals surface area contributed by atoms with Crippen molar-refractivity contribution in [2.45, 2.75) is 37.9 Å². The van der Waals surface area contributed by atoms with Crippen LogP contribution in [0.4, 0.5) is 26.3 Å². The SMILES string of the molecule is CCC(Oc1ccc(OC(F)(F)C(F)C(F)(F)F)cc1)c1ccccc1. The highest BCUT2D eigenvalue weighted by atomic mass is 19.4. The van der Waals surface area contributed by atoms with Crippen molar-refractivity contribution < 1.29 is 35.8 Å². The Morgan fingerprint density at radius 2 is 1.38 bits per heavy atom. The number of rotatable bonds is 7. The molecular weight excluding hydrogens is 362 g/mol. The van der Waals surface area contributed by atoms with Gasteiger partial charge in [-0.2, -0.15) is 22.0 Å². The fourth-order valence-electron chi connectivity index (χ4n) is 2.20. The summed E-state index contributed by atoms with van der Waals surface area (Å²) in [6, 6.07) is 13.8. The first-order valence-corrected chi connectivity index (χ1v) is 7.72. The van der Waals surface area contributed by atoms with E-state index in [2.05, 4.69) is 4.74 Å². The summed E-state index contributed by atoms with van der Waals surface area (Å²) < 4.78 is 85.2. The summed E-state index contributed by atoms with van der Waals surface area (Å²) in [7, 11) is 0. The van der Waals surface area contributed by atoms with Crippen LogP contribution in [0.2, 0.25) is 0 Å². The van der Waals surface area contributed by atoms with E-state index in [1.54, 1.807) is 0 Å². The lowest BCUT2D eigenvalue weighted by Gasteiger charge is -2.23. The van der Waals surface area contributed by atoms with Gasteiger partial charge in [-0.05, 0) is 36.2 Å². The van der Waals surface area contributed by atoms with Crippen molar-refractivity contribution in [2.24, 2.45) is 0 Å². The Kier molecular flexibility index (Phi) is 6.05. The Bertz CT molecular complexity index is 685. The van der Waals surface area contributed by atoms with Crippen molar-refractivity contribution in [1.82, 2.24) is 0 Å². The van der Waals surface area contributed by atoms with Gasteiger partial charge < -0.3 is 9.47 Å². The van der Waals surface area contributed by atoms with E-state index in [0.717, 1.165) is 17.7 Å². The van der Waals surface area contributed by atoms with Crippen LogP contribution in [0.3, 0.4) is 0 Å². The summed E-state index contributed by atoms with van der Waals surface area (Å²) in [6.07, 6.45) is -14.8. The summed E-state index contributed by atoms with van der Waals surface area (Å²) in [4.78, 5) is 0.